The Labute approximate surface area is 164 Å². The molecule has 5 nitrogen and oxygen atoms in total. The van der Waals surface area contributed by atoms with Crippen LogP contribution in [-0.4, -0.2) is 47.5 Å². The van der Waals surface area contributed by atoms with Gasteiger partial charge in [0, 0.05) is 6.54 Å². The molecule has 0 bridgehead atoms. The van der Waals surface area contributed by atoms with Gasteiger partial charge in [0.1, 0.15) is 0 Å². The topological polar surface area (TPSA) is 55.8 Å². The Hall–Kier alpha value is -1.61. The molecule has 152 valence electrons. The molecule has 1 aromatic rings. The number of esters is 1. The van der Waals surface area contributed by atoms with E-state index in [4.69, 9.17) is 9.47 Å². The quantitative estimate of drug-likeness (QED) is 0.465. The highest BCUT2D eigenvalue weighted by Gasteiger charge is 2.33. The van der Waals surface area contributed by atoms with E-state index in [1.54, 1.807) is 20.8 Å². The lowest BCUT2D eigenvalue weighted by atomic mass is 10.1. The molecule has 0 saturated carbocycles. The van der Waals surface area contributed by atoms with Crippen molar-refractivity contribution >= 4 is 27.8 Å². The van der Waals surface area contributed by atoms with Crippen LogP contribution in [-0.2, 0) is 31.8 Å². The minimum absolute atomic E-state index is 0.0589. The molecule has 0 radical (unpaired) electrons. The Morgan fingerprint density at radius 3 is 2.11 bits per heavy atom. The van der Waals surface area contributed by atoms with E-state index in [9.17, 15) is 22.8 Å². The largest absolute Gasteiger partial charge is 0.467 e. The van der Waals surface area contributed by atoms with Gasteiger partial charge in [-0.25, -0.2) is 4.79 Å². The van der Waals surface area contributed by atoms with Gasteiger partial charge in [0.05, 0.1) is 30.2 Å². The molecule has 0 spiro atoms. The molecule has 0 N–H and O–H groups in total. The lowest BCUT2D eigenvalue weighted by Crippen LogP contribution is -2.49. The average Bonchev–Trinajstić information content (AvgIpc) is 2.58. The zero-order valence-corrected chi connectivity index (χ0v) is 17.2. The summed E-state index contributed by atoms with van der Waals surface area (Å²) in [4.78, 5) is 25.8. The van der Waals surface area contributed by atoms with E-state index < -0.39 is 35.3 Å². The number of halogens is 4. The molecule has 9 heteroatoms. The fraction of sp³-hybridized carbons (Fsp3) is 0.556. The number of hydrogen-bond donors (Lipinski definition) is 0. The number of benzene rings is 1. The second-order valence-electron chi connectivity index (χ2n) is 6.81. The maximum absolute atomic E-state index is 12.7. The van der Waals surface area contributed by atoms with Gasteiger partial charge in [-0.1, -0.05) is 28.1 Å². The van der Waals surface area contributed by atoms with Gasteiger partial charge < -0.3 is 14.4 Å². The summed E-state index contributed by atoms with van der Waals surface area (Å²) in [6.07, 6.45) is -4.45. The van der Waals surface area contributed by atoms with Gasteiger partial charge >= 0.3 is 12.1 Å². The minimum atomic E-state index is -4.45. The number of alkyl halides is 4. The maximum Gasteiger partial charge on any atom is 0.416 e. The van der Waals surface area contributed by atoms with Crippen LogP contribution >= 0.6 is 15.9 Å². The van der Waals surface area contributed by atoms with E-state index in [2.05, 4.69) is 15.9 Å². The van der Waals surface area contributed by atoms with E-state index in [-0.39, 0.29) is 18.5 Å². The molecule has 27 heavy (non-hydrogen) atoms. The molecule has 0 aromatic heterocycles. The van der Waals surface area contributed by atoms with Crippen molar-refractivity contribution in [3.05, 3.63) is 35.4 Å². The first kappa shape index (κ1) is 23.4. The number of hydrogen-bond acceptors (Lipinski definition) is 4. The van der Waals surface area contributed by atoms with Crippen molar-refractivity contribution in [1.29, 1.82) is 0 Å². The predicted molar refractivity (Wildman–Crippen MR) is 97.3 cm³/mol. The summed E-state index contributed by atoms with van der Waals surface area (Å²) >= 11 is 3.06. The van der Waals surface area contributed by atoms with E-state index >= 15 is 0 Å². The van der Waals surface area contributed by atoms with Crippen molar-refractivity contribution < 1.29 is 32.2 Å². The van der Waals surface area contributed by atoms with Crippen molar-refractivity contribution in [2.24, 2.45) is 0 Å². The number of ether oxygens (including phenoxy) is 2. The monoisotopic (exact) mass is 453 g/mol. The fourth-order valence-corrected chi connectivity index (χ4v) is 2.52. The van der Waals surface area contributed by atoms with Crippen molar-refractivity contribution in [3.63, 3.8) is 0 Å². The van der Waals surface area contributed by atoms with E-state index in [0.717, 1.165) is 12.1 Å². The molecular formula is C18H23BrF3NO4. The lowest BCUT2D eigenvalue weighted by Gasteiger charge is -2.32. The van der Waals surface area contributed by atoms with Crippen LogP contribution < -0.4 is 0 Å². The Kier molecular flexibility index (Phi) is 8.28. The fourth-order valence-electron chi connectivity index (χ4n) is 2.20. The number of carbonyl (C=O) groups is 2. The zero-order chi connectivity index (χ0) is 20.8. The normalized spacial score (nSPS) is 13.2. The minimum Gasteiger partial charge on any atom is -0.467 e. The maximum atomic E-state index is 12.7. The summed E-state index contributed by atoms with van der Waals surface area (Å²) in [5.74, 6) is -1.08. The Morgan fingerprint density at radius 2 is 1.70 bits per heavy atom. The molecule has 1 amide bonds. The number of methoxy groups -OCH3 is 1. The average molecular weight is 454 g/mol. The van der Waals surface area contributed by atoms with Crippen LogP contribution in [0.3, 0.4) is 0 Å². The predicted octanol–water partition coefficient (Wildman–Crippen LogP) is 3.79. The highest BCUT2D eigenvalue weighted by Crippen LogP contribution is 2.29. The summed E-state index contributed by atoms with van der Waals surface area (Å²) in [6, 6.07) is 3.39. The molecule has 0 heterocycles. The SMILES string of the molecule is COC(=O)C(COC(C)(C)C)N(Cc1ccc(C(F)(F)F)cc1)C(=O)CBr. The number of carbonyl (C=O) groups excluding carboxylic acids is 2. The summed E-state index contributed by atoms with van der Waals surface area (Å²) in [7, 11) is 1.20. The van der Waals surface area contributed by atoms with Crippen LogP contribution in [0.4, 0.5) is 13.2 Å². The van der Waals surface area contributed by atoms with Crippen LogP contribution in [0.2, 0.25) is 0 Å². The van der Waals surface area contributed by atoms with E-state index in [1.807, 2.05) is 0 Å². The Balaban J connectivity index is 3.10. The van der Waals surface area contributed by atoms with Gasteiger partial charge in [0.25, 0.3) is 0 Å². The first-order chi connectivity index (χ1) is 12.4. The summed E-state index contributed by atoms with van der Waals surface area (Å²) in [5, 5.41) is -0.0589. The summed E-state index contributed by atoms with van der Waals surface area (Å²) in [5.41, 5.74) is -0.892. The summed E-state index contributed by atoms with van der Waals surface area (Å²) in [6.45, 7) is 5.24. The van der Waals surface area contributed by atoms with Gasteiger partial charge in [0.2, 0.25) is 5.91 Å². The second-order valence-corrected chi connectivity index (χ2v) is 7.37. The lowest BCUT2D eigenvalue weighted by molar-refractivity contribution is -0.157. The van der Waals surface area contributed by atoms with Gasteiger partial charge in [-0.05, 0) is 38.5 Å². The van der Waals surface area contributed by atoms with E-state index in [1.165, 1.54) is 24.1 Å². The van der Waals surface area contributed by atoms with Crippen LogP contribution in [0.1, 0.15) is 31.9 Å². The molecule has 0 fully saturated rings. The first-order valence-electron chi connectivity index (χ1n) is 8.12. The van der Waals surface area contributed by atoms with Crippen molar-refractivity contribution in [2.45, 2.75) is 45.1 Å². The molecule has 1 aromatic carbocycles. The molecule has 0 saturated heterocycles. The van der Waals surface area contributed by atoms with Gasteiger partial charge in [-0.2, -0.15) is 13.2 Å². The molecule has 1 rings (SSSR count). The number of nitrogens with zero attached hydrogens (tertiary/aromatic N) is 1. The van der Waals surface area contributed by atoms with Crippen LogP contribution in [0.15, 0.2) is 24.3 Å². The Bertz CT molecular complexity index is 641. The number of rotatable bonds is 7. The third-order valence-electron chi connectivity index (χ3n) is 3.59. The molecular weight excluding hydrogens is 431 g/mol. The third-order valence-corrected chi connectivity index (χ3v) is 4.07. The van der Waals surface area contributed by atoms with Crippen molar-refractivity contribution in [1.82, 2.24) is 4.90 Å². The number of amides is 1. The van der Waals surface area contributed by atoms with Crippen LogP contribution in [0.5, 0.6) is 0 Å². The van der Waals surface area contributed by atoms with Gasteiger partial charge in [-0.15, -0.1) is 0 Å². The van der Waals surface area contributed by atoms with Crippen LogP contribution in [0.25, 0.3) is 0 Å². The van der Waals surface area contributed by atoms with Crippen LogP contribution in [0, 0.1) is 0 Å². The third kappa shape index (κ3) is 7.50. The van der Waals surface area contributed by atoms with E-state index in [0.29, 0.717) is 5.56 Å². The Morgan fingerprint density at radius 1 is 1.15 bits per heavy atom. The standard InChI is InChI=1S/C18H23BrF3NO4/c1-17(2,3)27-11-14(16(25)26-4)23(15(24)9-19)10-12-5-7-13(8-6-12)18(20,21)22/h5-8,14H,9-11H2,1-4H3. The zero-order valence-electron chi connectivity index (χ0n) is 15.6. The van der Waals surface area contributed by atoms with Gasteiger partial charge in [0.15, 0.2) is 6.04 Å². The molecule has 1 atom stereocenters. The van der Waals surface area contributed by atoms with Gasteiger partial charge in [-0.3, -0.25) is 4.79 Å². The highest BCUT2D eigenvalue weighted by molar-refractivity contribution is 9.09. The molecule has 1 unspecified atom stereocenters. The summed E-state index contributed by atoms with van der Waals surface area (Å²) < 4.78 is 48.5. The molecule has 0 aliphatic rings. The highest BCUT2D eigenvalue weighted by atomic mass is 79.9. The molecule has 0 aliphatic carbocycles. The molecule has 0 aliphatic heterocycles. The smallest absolute Gasteiger partial charge is 0.416 e. The van der Waals surface area contributed by atoms with Crippen molar-refractivity contribution in [2.75, 3.05) is 19.0 Å². The van der Waals surface area contributed by atoms with Crippen molar-refractivity contribution in [3.8, 4) is 0 Å². The first-order valence-corrected chi connectivity index (χ1v) is 9.24. The second kappa shape index (κ2) is 9.54.